The molecule has 0 aliphatic heterocycles. The SMILES string of the molecule is c1ccc(-c2nc(-c3ccccc3)nc(-c3cccc(-n4c5ccccc5c5cc(-c6ccc7c8ccccc8n(-c8ccccc8)c7c6)ccc54)c3)n2)cc1.c1ccc(-n2c3ccccc3c3cc(-c4ccc5c(c4)n4c6ccccc6nc4n5-c4ccc5oc6ccccc6c5c4)ccc32)cc1. The molecular weight excluding hydrogens is 1270 g/mol. The zero-order chi connectivity index (χ0) is 68.3. The molecule has 10 heteroatoms. The number of benzene rings is 15. The standard InChI is InChI=1S/C51H33N5.C43H26N4O/c1-4-15-34(16-5-1)49-52-50(35-17-6-2-7-18-35)54-51(53-49)38-19-14-22-40(31-38)56-46-26-13-11-24-42(46)44-32-36(28-30-47(44)56)37-27-29-43-41-23-10-12-25-45(41)55(48(43)33-37)39-20-8-3-9-21-39;1-2-10-29(11-3-1)45-36-15-7-4-12-31(36)33-24-27(18-21-37(33)45)28-19-22-39-40(25-28)47-38-16-8-6-14-35(38)44-43(47)46(39)30-20-23-42-34(26-30)32-13-5-9-17-41(32)48-42/h1-33H;1-26H. The Bertz CT molecular complexity index is 7100. The van der Waals surface area contributed by atoms with E-state index in [9.17, 15) is 0 Å². The van der Waals surface area contributed by atoms with Crippen LogP contribution in [0, 0.1) is 0 Å². The summed E-state index contributed by atoms with van der Waals surface area (Å²) in [4.78, 5) is 20.1. The highest BCUT2D eigenvalue weighted by Gasteiger charge is 2.23. The van der Waals surface area contributed by atoms with Gasteiger partial charge in [-0.1, -0.05) is 224 Å². The van der Waals surface area contributed by atoms with E-state index in [0.717, 1.165) is 106 Å². The monoisotopic (exact) mass is 1330 g/mol. The molecule has 0 saturated heterocycles. The molecule has 0 atom stereocenters. The first kappa shape index (κ1) is 58.7. The Labute approximate surface area is 595 Å². The summed E-state index contributed by atoms with van der Waals surface area (Å²) in [5.74, 6) is 2.81. The number of furan rings is 1. The van der Waals surface area contributed by atoms with Gasteiger partial charge in [0.15, 0.2) is 17.5 Å². The second-order valence-electron chi connectivity index (χ2n) is 26.6. The fourth-order valence-corrected chi connectivity index (χ4v) is 15.9. The van der Waals surface area contributed by atoms with Gasteiger partial charge in [0.05, 0.1) is 60.9 Å². The molecular formula is C94H59N9O. The second kappa shape index (κ2) is 23.7. The number of fused-ring (bicyclic) bond motifs is 17. The molecule has 7 heterocycles. The van der Waals surface area contributed by atoms with Crippen LogP contribution in [0.2, 0.25) is 0 Å². The Morgan fingerprint density at radius 3 is 1.20 bits per heavy atom. The largest absolute Gasteiger partial charge is 0.456 e. The molecule has 10 nitrogen and oxygen atoms in total. The first-order valence-electron chi connectivity index (χ1n) is 35.1. The zero-order valence-corrected chi connectivity index (χ0v) is 56.0. The zero-order valence-electron chi connectivity index (χ0n) is 56.0. The van der Waals surface area contributed by atoms with E-state index in [2.05, 4.69) is 308 Å². The molecule has 0 saturated carbocycles. The number of hydrogen-bond donors (Lipinski definition) is 0. The summed E-state index contributed by atoms with van der Waals surface area (Å²) in [6, 6.07) is 126. The van der Waals surface area contributed by atoms with E-state index < -0.39 is 0 Å². The predicted octanol–water partition coefficient (Wildman–Crippen LogP) is 23.8. The Kier molecular flexibility index (Phi) is 13.4. The summed E-state index contributed by atoms with van der Waals surface area (Å²) >= 11 is 0. The van der Waals surface area contributed by atoms with E-state index in [4.69, 9.17) is 24.4 Å². The van der Waals surface area contributed by atoms with Crippen LogP contribution in [0.3, 0.4) is 0 Å². The molecule has 0 N–H and O–H groups in total. The van der Waals surface area contributed by atoms with Gasteiger partial charge in [0, 0.05) is 76.8 Å². The van der Waals surface area contributed by atoms with E-state index in [1.165, 1.54) is 71.1 Å². The van der Waals surface area contributed by atoms with Crippen LogP contribution in [0.15, 0.2) is 362 Å². The second-order valence-corrected chi connectivity index (χ2v) is 26.6. The lowest BCUT2D eigenvalue weighted by molar-refractivity contribution is 0.669. The number of hydrogen-bond acceptors (Lipinski definition) is 5. The summed E-state index contributed by atoms with van der Waals surface area (Å²) in [5.41, 5.74) is 25.0. The van der Waals surface area contributed by atoms with Crippen molar-refractivity contribution in [2.24, 2.45) is 0 Å². The number of para-hydroxylation sites is 8. The maximum atomic E-state index is 6.16. The summed E-state index contributed by atoms with van der Waals surface area (Å²) in [5, 5.41) is 9.59. The molecule has 0 bridgehead atoms. The molecule has 486 valence electrons. The highest BCUT2D eigenvalue weighted by atomic mass is 16.3. The molecule has 104 heavy (non-hydrogen) atoms. The molecule has 0 aliphatic carbocycles. The Morgan fingerprint density at radius 1 is 0.192 bits per heavy atom. The summed E-state index contributed by atoms with van der Waals surface area (Å²) in [6.07, 6.45) is 0. The normalized spacial score (nSPS) is 11.8. The van der Waals surface area contributed by atoms with Crippen LogP contribution in [0.4, 0.5) is 0 Å². The maximum Gasteiger partial charge on any atom is 0.220 e. The van der Waals surface area contributed by atoms with E-state index in [1.807, 2.05) is 72.8 Å². The van der Waals surface area contributed by atoms with Gasteiger partial charge in [0.1, 0.15) is 11.2 Å². The number of imidazole rings is 2. The summed E-state index contributed by atoms with van der Waals surface area (Å²) in [6.45, 7) is 0. The van der Waals surface area contributed by atoms with Crippen LogP contribution < -0.4 is 0 Å². The Balaban J connectivity index is 0.000000136. The van der Waals surface area contributed by atoms with Gasteiger partial charge in [-0.2, -0.15) is 0 Å². The lowest BCUT2D eigenvalue weighted by atomic mass is 10.0. The van der Waals surface area contributed by atoms with Crippen LogP contribution >= 0.6 is 0 Å². The summed E-state index contributed by atoms with van der Waals surface area (Å²) < 4.78 is 17.8. The molecule has 22 rings (SSSR count). The lowest BCUT2D eigenvalue weighted by Gasteiger charge is -2.12. The predicted molar refractivity (Wildman–Crippen MR) is 427 cm³/mol. The van der Waals surface area contributed by atoms with Crippen molar-refractivity contribution in [1.29, 1.82) is 0 Å². The third-order valence-electron chi connectivity index (χ3n) is 20.6. The quantitative estimate of drug-likeness (QED) is 0.144. The fraction of sp³-hybridized carbons (Fsp3) is 0. The van der Waals surface area contributed by atoms with Crippen LogP contribution in [0.1, 0.15) is 0 Å². The van der Waals surface area contributed by atoms with Crippen molar-refractivity contribution in [2.75, 3.05) is 0 Å². The van der Waals surface area contributed by atoms with E-state index >= 15 is 0 Å². The smallest absolute Gasteiger partial charge is 0.220 e. The lowest BCUT2D eigenvalue weighted by Crippen LogP contribution is -2.01. The van der Waals surface area contributed by atoms with Crippen LogP contribution in [0.25, 0.3) is 194 Å². The average Bonchev–Trinajstić information content (AvgIpc) is 1.59. The van der Waals surface area contributed by atoms with Crippen LogP contribution in [-0.4, -0.2) is 42.6 Å². The molecule has 0 fully saturated rings. The van der Waals surface area contributed by atoms with E-state index in [0.29, 0.717) is 17.5 Å². The van der Waals surface area contributed by atoms with Crippen molar-refractivity contribution in [2.45, 2.75) is 0 Å². The van der Waals surface area contributed by atoms with Gasteiger partial charge in [-0.05, 0) is 156 Å². The average molecular weight is 1330 g/mol. The highest BCUT2D eigenvalue weighted by Crippen LogP contribution is 2.42. The maximum absolute atomic E-state index is 6.16. The molecule has 0 unspecified atom stereocenters. The molecule has 22 aromatic rings. The minimum atomic E-state index is 0.630. The van der Waals surface area contributed by atoms with Gasteiger partial charge in [-0.15, -0.1) is 0 Å². The van der Waals surface area contributed by atoms with Crippen LogP contribution in [-0.2, 0) is 0 Å². The topological polar surface area (TPSA) is 88.8 Å². The highest BCUT2D eigenvalue weighted by molar-refractivity contribution is 6.14. The Hall–Kier alpha value is -14.2. The van der Waals surface area contributed by atoms with E-state index in [-0.39, 0.29) is 0 Å². The number of rotatable bonds is 9. The van der Waals surface area contributed by atoms with E-state index in [1.54, 1.807) is 0 Å². The fourth-order valence-electron chi connectivity index (χ4n) is 15.9. The third kappa shape index (κ3) is 9.50. The molecule has 0 aliphatic rings. The Morgan fingerprint density at radius 2 is 0.596 bits per heavy atom. The molecule has 0 amide bonds. The minimum Gasteiger partial charge on any atom is -0.456 e. The van der Waals surface area contributed by atoms with Crippen molar-refractivity contribution in [1.82, 2.24) is 42.6 Å². The molecule has 7 aromatic heterocycles. The first-order valence-corrected chi connectivity index (χ1v) is 35.1. The van der Waals surface area contributed by atoms with Gasteiger partial charge >= 0.3 is 0 Å². The summed E-state index contributed by atoms with van der Waals surface area (Å²) in [7, 11) is 0. The van der Waals surface area contributed by atoms with Crippen molar-refractivity contribution >= 4 is 115 Å². The van der Waals surface area contributed by atoms with Crippen molar-refractivity contribution in [3.63, 3.8) is 0 Å². The molecule has 0 spiro atoms. The molecule has 15 aromatic carbocycles. The van der Waals surface area contributed by atoms with Gasteiger partial charge < -0.3 is 18.1 Å². The van der Waals surface area contributed by atoms with Gasteiger partial charge in [0.2, 0.25) is 5.78 Å². The van der Waals surface area contributed by atoms with Gasteiger partial charge in [0.25, 0.3) is 0 Å². The molecule has 0 radical (unpaired) electrons. The van der Waals surface area contributed by atoms with Crippen molar-refractivity contribution in [3.05, 3.63) is 358 Å². The first-order chi connectivity index (χ1) is 51.6. The van der Waals surface area contributed by atoms with Gasteiger partial charge in [-0.3, -0.25) is 8.97 Å². The van der Waals surface area contributed by atoms with Crippen molar-refractivity contribution in [3.8, 4) is 79.2 Å². The number of nitrogens with zero attached hydrogens (tertiary/aromatic N) is 9. The van der Waals surface area contributed by atoms with Crippen molar-refractivity contribution < 1.29 is 4.42 Å². The number of aromatic nitrogens is 9. The minimum absolute atomic E-state index is 0.630. The third-order valence-corrected chi connectivity index (χ3v) is 20.6. The van der Waals surface area contributed by atoms with Crippen LogP contribution in [0.5, 0.6) is 0 Å². The van der Waals surface area contributed by atoms with Gasteiger partial charge in [-0.25, -0.2) is 19.9 Å².